The summed E-state index contributed by atoms with van der Waals surface area (Å²) in [6, 6.07) is 2.93. The summed E-state index contributed by atoms with van der Waals surface area (Å²) in [4.78, 5) is 2.30. The van der Waals surface area contributed by atoms with Crippen molar-refractivity contribution in [2.45, 2.75) is 18.9 Å². The van der Waals surface area contributed by atoms with Crippen molar-refractivity contribution in [1.29, 1.82) is 5.26 Å². The third-order valence-electron chi connectivity index (χ3n) is 2.96. The molecule has 0 aliphatic carbocycles. The second kappa shape index (κ2) is 5.75. The first-order chi connectivity index (χ1) is 7.85. The van der Waals surface area contributed by atoms with Crippen molar-refractivity contribution in [2.75, 3.05) is 39.5 Å². The van der Waals surface area contributed by atoms with E-state index in [2.05, 4.69) is 11.0 Å². The van der Waals surface area contributed by atoms with Crippen molar-refractivity contribution < 1.29 is 13.3 Å². The largest absolute Gasteiger partial charge is 0.501 e. The van der Waals surface area contributed by atoms with Gasteiger partial charge in [-0.3, -0.25) is 4.90 Å². The van der Waals surface area contributed by atoms with Gasteiger partial charge in [0.15, 0.2) is 0 Å². The SMILES string of the molecule is N#CCCC[Si]12OCCN(CCO1)CCO2. The van der Waals surface area contributed by atoms with E-state index in [4.69, 9.17) is 18.5 Å². The third-order valence-corrected chi connectivity index (χ3v) is 5.86. The second-order valence-corrected chi connectivity index (χ2v) is 6.81. The zero-order valence-electron chi connectivity index (χ0n) is 9.48. The Balaban J connectivity index is 1.95. The molecule has 0 aromatic rings. The molecule has 2 bridgehead atoms. The number of hydrogen-bond donors (Lipinski definition) is 0. The van der Waals surface area contributed by atoms with Gasteiger partial charge in [0.25, 0.3) is 0 Å². The molecule has 0 aromatic carbocycles. The van der Waals surface area contributed by atoms with Crippen molar-refractivity contribution in [3.05, 3.63) is 0 Å². The fourth-order valence-electron chi connectivity index (χ4n) is 2.05. The van der Waals surface area contributed by atoms with Crippen LogP contribution in [0.1, 0.15) is 12.8 Å². The van der Waals surface area contributed by atoms with Crippen LogP contribution in [-0.4, -0.2) is 53.2 Å². The van der Waals surface area contributed by atoms with Gasteiger partial charge in [0.05, 0.1) is 25.9 Å². The normalized spacial score (nSPS) is 34.8. The maximum atomic E-state index is 8.55. The summed E-state index contributed by atoms with van der Waals surface area (Å²) in [5.74, 6) is 0. The molecule has 0 spiro atoms. The summed E-state index contributed by atoms with van der Waals surface area (Å²) >= 11 is 0. The molecule has 3 rings (SSSR count). The molecular formula is C10H18N2O3Si. The number of hydrogen-bond acceptors (Lipinski definition) is 5. The lowest BCUT2D eigenvalue weighted by molar-refractivity contribution is -0.00845. The molecule has 3 saturated heterocycles. The van der Waals surface area contributed by atoms with Crippen LogP contribution in [0.2, 0.25) is 6.04 Å². The maximum absolute atomic E-state index is 8.55. The van der Waals surface area contributed by atoms with E-state index in [1.807, 2.05) is 0 Å². The van der Waals surface area contributed by atoms with E-state index < -0.39 is 8.80 Å². The van der Waals surface area contributed by atoms with Crippen LogP contribution in [-0.2, 0) is 13.3 Å². The highest BCUT2D eigenvalue weighted by Gasteiger charge is 2.43. The molecule has 0 radical (unpaired) electrons. The van der Waals surface area contributed by atoms with Crippen LogP contribution in [0, 0.1) is 11.3 Å². The number of fused-ring (bicyclic) bond motifs is 6. The molecule has 3 heterocycles. The lowest BCUT2D eigenvalue weighted by atomic mass is 10.4. The molecule has 16 heavy (non-hydrogen) atoms. The van der Waals surface area contributed by atoms with E-state index in [1.165, 1.54) is 0 Å². The third kappa shape index (κ3) is 3.03. The van der Waals surface area contributed by atoms with Crippen molar-refractivity contribution >= 4 is 8.80 Å². The van der Waals surface area contributed by atoms with Crippen LogP contribution < -0.4 is 0 Å². The Labute approximate surface area is 97.3 Å². The highest BCUT2D eigenvalue weighted by atomic mass is 28.4. The maximum Gasteiger partial charge on any atom is 0.501 e. The summed E-state index contributed by atoms with van der Waals surface area (Å²) in [5, 5.41) is 8.55. The van der Waals surface area contributed by atoms with E-state index in [0.29, 0.717) is 26.2 Å². The zero-order valence-corrected chi connectivity index (χ0v) is 10.5. The average Bonchev–Trinajstić information content (AvgIpc) is 2.19. The Morgan fingerprint density at radius 2 is 1.62 bits per heavy atom. The number of nitrogens with zero attached hydrogens (tertiary/aromatic N) is 2. The summed E-state index contributed by atoms with van der Waals surface area (Å²) < 4.78 is 17.5. The first-order valence-electron chi connectivity index (χ1n) is 5.86. The van der Waals surface area contributed by atoms with Crippen molar-refractivity contribution in [3.8, 4) is 6.07 Å². The second-order valence-electron chi connectivity index (χ2n) is 4.08. The molecule has 0 atom stereocenters. The van der Waals surface area contributed by atoms with Gasteiger partial charge in [-0.05, 0) is 6.42 Å². The molecule has 0 saturated carbocycles. The topological polar surface area (TPSA) is 54.7 Å². The smallest absolute Gasteiger partial charge is 0.372 e. The lowest BCUT2D eigenvalue weighted by Gasteiger charge is -2.38. The van der Waals surface area contributed by atoms with E-state index in [0.717, 1.165) is 32.1 Å². The molecule has 6 heteroatoms. The Hall–Kier alpha value is -0.453. The quantitative estimate of drug-likeness (QED) is 0.536. The molecule has 0 N–H and O–H groups in total. The molecule has 90 valence electrons. The monoisotopic (exact) mass is 242 g/mol. The molecule has 3 fully saturated rings. The molecule has 5 nitrogen and oxygen atoms in total. The number of unbranched alkanes of at least 4 members (excludes halogenated alkanes) is 1. The lowest BCUT2D eigenvalue weighted by Crippen LogP contribution is -2.54. The minimum Gasteiger partial charge on any atom is -0.372 e. The predicted molar refractivity (Wildman–Crippen MR) is 59.7 cm³/mol. The van der Waals surface area contributed by atoms with E-state index in [9.17, 15) is 0 Å². The zero-order chi connectivity index (χ0) is 11.3. The van der Waals surface area contributed by atoms with Crippen molar-refractivity contribution in [1.82, 2.24) is 4.90 Å². The first-order valence-corrected chi connectivity index (χ1v) is 7.79. The number of rotatable bonds is 3. The van der Waals surface area contributed by atoms with Gasteiger partial charge < -0.3 is 13.3 Å². The van der Waals surface area contributed by atoms with Crippen molar-refractivity contribution in [2.24, 2.45) is 0 Å². The molecule has 3 aliphatic heterocycles. The minimum atomic E-state index is -2.44. The molecule has 0 aromatic heterocycles. The van der Waals surface area contributed by atoms with Gasteiger partial charge in [-0.1, -0.05) is 0 Å². The average molecular weight is 242 g/mol. The van der Waals surface area contributed by atoms with Crippen LogP contribution in [0.15, 0.2) is 0 Å². The van der Waals surface area contributed by atoms with Gasteiger partial charge in [0.1, 0.15) is 0 Å². The van der Waals surface area contributed by atoms with Gasteiger partial charge in [-0.15, -0.1) is 0 Å². The van der Waals surface area contributed by atoms with Gasteiger partial charge in [-0.25, -0.2) is 0 Å². The van der Waals surface area contributed by atoms with E-state index in [1.54, 1.807) is 0 Å². The fourth-order valence-corrected chi connectivity index (χ4v) is 4.55. The standard InChI is InChI=1S/C10H18N2O3Si/c11-3-1-2-10-16-13-7-4-12(5-8-14-16)6-9-15-16/h1-2,4-10H2. The molecule has 3 aliphatic rings. The van der Waals surface area contributed by atoms with Gasteiger partial charge in [-0.2, -0.15) is 5.26 Å². The first kappa shape index (κ1) is 12.0. The summed E-state index contributed by atoms with van der Waals surface area (Å²) in [6.45, 7) is 5.00. The van der Waals surface area contributed by atoms with Crippen molar-refractivity contribution in [3.63, 3.8) is 0 Å². The molecular weight excluding hydrogens is 224 g/mol. The highest BCUT2D eigenvalue weighted by Crippen LogP contribution is 2.22. The van der Waals surface area contributed by atoms with Crippen LogP contribution >= 0.6 is 0 Å². The minimum absolute atomic E-state index is 0.553. The Morgan fingerprint density at radius 3 is 2.12 bits per heavy atom. The molecule has 0 amide bonds. The van der Waals surface area contributed by atoms with Crippen LogP contribution in [0.3, 0.4) is 0 Å². The van der Waals surface area contributed by atoms with Gasteiger partial charge in [0, 0.05) is 32.1 Å². The Morgan fingerprint density at radius 1 is 1.06 bits per heavy atom. The van der Waals surface area contributed by atoms with Crippen LogP contribution in [0.25, 0.3) is 0 Å². The Bertz CT molecular complexity index is 243. The predicted octanol–water partition coefficient (Wildman–Crippen LogP) is 0.608. The fraction of sp³-hybridized carbons (Fsp3) is 0.900. The van der Waals surface area contributed by atoms with Gasteiger partial charge >= 0.3 is 8.80 Å². The highest BCUT2D eigenvalue weighted by molar-refractivity contribution is 6.60. The Kier molecular flexibility index (Phi) is 4.32. The summed E-state index contributed by atoms with van der Waals surface area (Å²) in [7, 11) is -2.44. The molecule has 0 unspecified atom stereocenters. The van der Waals surface area contributed by atoms with E-state index in [-0.39, 0.29) is 0 Å². The number of nitriles is 1. The summed E-state index contributed by atoms with van der Waals surface area (Å²) in [6.07, 6.45) is 1.36. The van der Waals surface area contributed by atoms with E-state index >= 15 is 0 Å². The summed E-state index contributed by atoms with van der Waals surface area (Å²) in [5.41, 5.74) is 0. The van der Waals surface area contributed by atoms with Crippen LogP contribution in [0.4, 0.5) is 0 Å². The van der Waals surface area contributed by atoms with Crippen LogP contribution in [0.5, 0.6) is 0 Å². The van der Waals surface area contributed by atoms with Gasteiger partial charge in [0.2, 0.25) is 0 Å².